The summed E-state index contributed by atoms with van der Waals surface area (Å²) in [5, 5.41) is 12.5. The van der Waals surface area contributed by atoms with Crippen LogP contribution < -0.4 is 15.6 Å². The number of amides is 2. The number of nitrogens with zero attached hydrogens (tertiary/aromatic N) is 5. The average molecular weight is 473 g/mol. The van der Waals surface area contributed by atoms with Crippen LogP contribution in [0.15, 0.2) is 53.9 Å². The van der Waals surface area contributed by atoms with E-state index in [1.807, 2.05) is 70.9 Å². The number of tetrazole rings is 1. The van der Waals surface area contributed by atoms with Crippen LogP contribution in [0.3, 0.4) is 0 Å². The predicted octanol–water partition coefficient (Wildman–Crippen LogP) is 2.40. The van der Waals surface area contributed by atoms with Gasteiger partial charge in [-0.05, 0) is 45.8 Å². The average Bonchev–Trinajstić information content (AvgIpc) is 3.50. The number of hydrazine groups is 1. The molecule has 6 rings (SSSR count). The molecule has 4 heterocycles. The van der Waals surface area contributed by atoms with Gasteiger partial charge >= 0.3 is 5.82 Å². The molecule has 2 fully saturated rings. The molecular formula is C24H22N7O2S+. The summed E-state index contributed by atoms with van der Waals surface area (Å²) in [6.07, 6.45) is 5.69. The molecular weight excluding hydrogens is 450 g/mol. The van der Waals surface area contributed by atoms with E-state index in [9.17, 15) is 9.59 Å². The van der Waals surface area contributed by atoms with Crippen molar-refractivity contribution in [2.75, 3.05) is 0 Å². The van der Waals surface area contributed by atoms with Crippen molar-refractivity contribution in [2.24, 2.45) is 11.8 Å². The zero-order chi connectivity index (χ0) is 23.1. The lowest BCUT2D eigenvalue weighted by Crippen LogP contribution is -2.60. The molecule has 0 bridgehead atoms. The Hall–Kier alpha value is -3.92. The molecule has 2 amide bonds. The summed E-state index contributed by atoms with van der Waals surface area (Å²) in [5.41, 5.74) is 7.07. The van der Waals surface area contributed by atoms with E-state index in [2.05, 4.69) is 10.9 Å². The number of carbonyl (C=O) groups excluding carboxylic acids is 2. The van der Waals surface area contributed by atoms with Gasteiger partial charge in [-0.15, -0.1) is 11.3 Å². The quantitative estimate of drug-likeness (QED) is 0.444. The number of nitrogens with one attached hydrogen (secondary N) is 2. The Morgan fingerprint density at radius 2 is 1.82 bits per heavy atom. The van der Waals surface area contributed by atoms with E-state index in [1.54, 1.807) is 16.1 Å². The monoisotopic (exact) mass is 472 g/mol. The highest BCUT2D eigenvalue weighted by Crippen LogP contribution is 2.36. The first-order valence-corrected chi connectivity index (χ1v) is 12.1. The second-order valence-electron chi connectivity index (χ2n) is 8.56. The molecule has 1 saturated heterocycles. The number of carbonyl (C=O) groups is 2. The van der Waals surface area contributed by atoms with Crippen molar-refractivity contribution in [1.29, 1.82) is 0 Å². The molecule has 3 aliphatic heterocycles. The lowest BCUT2D eigenvalue weighted by atomic mass is 9.75. The van der Waals surface area contributed by atoms with Crippen LogP contribution in [0.5, 0.6) is 0 Å². The van der Waals surface area contributed by atoms with Crippen molar-refractivity contribution in [2.45, 2.75) is 25.3 Å². The van der Waals surface area contributed by atoms with E-state index in [0.29, 0.717) is 24.5 Å². The molecule has 0 spiro atoms. The lowest BCUT2D eigenvalue weighted by molar-refractivity contribution is -0.844. The van der Waals surface area contributed by atoms with Crippen LogP contribution in [-0.2, 0) is 9.59 Å². The van der Waals surface area contributed by atoms with Gasteiger partial charge in [0.2, 0.25) is 17.6 Å². The second kappa shape index (κ2) is 8.45. The second-order valence-corrected chi connectivity index (χ2v) is 9.45. The fourth-order valence-electron chi connectivity index (χ4n) is 4.74. The molecule has 34 heavy (non-hydrogen) atoms. The first kappa shape index (κ1) is 20.7. The van der Waals surface area contributed by atoms with E-state index >= 15 is 0 Å². The standard InChI is InChI=1S/C24H21N7O2S/c32-22-18-10-9-17(14-19(18)23(33)27-26-22)30-28-20(11-8-15-5-2-1-3-6-15)29-31(30)21-13-16-7-4-12-34-24(16)25-21/h1-8,11-13,17-19H,9-10,14H2,(H,28,29)/p+1/b11-8-/t17-,18-,19-/m1/s1. The molecule has 4 aliphatic rings. The number of fused-ring (bicyclic) bond motifs is 2. The number of rotatable bonds is 4. The number of hydrogen-bond acceptors (Lipinski definition) is 6. The molecule has 10 heteroatoms. The Morgan fingerprint density at radius 3 is 2.65 bits per heavy atom. The number of aromatic nitrogens is 5. The Morgan fingerprint density at radius 1 is 1.00 bits per heavy atom. The third-order valence-electron chi connectivity index (χ3n) is 6.44. The van der Waals surface area contributed by atoms with E-state index < -0.39 is 0 Å². The molecule has 0 unspecified atom stereocenters. The van der Waals surface area contributed by atoms with E-state index in [-0.39, 0.29) is 29.7 Å². The first-order valence-electron chi connectivity index (χ1n) is 11.2. The summed E-state index contributed by atoms with van der Waals surface area (Å²) in [5.74, 6) is 0.267. The largest absolute Gasteiger partial charge is 0.332 e. The van der Waals surface area contributed by atoms with Gasteiger partial charge in [0, 0.05) is 22.9 Å². The minimum absolute atomic E-state index is 0.0900. The van der Waals surface area contributed by atoms with Crippen LogP contribution in [0.4, 0.5) is 0 Å². The molecule has 170 valence electrons. The highest BCUT2D eigenvalue weighted by molar-refractivity contribution is 7.12. The number of benzene rings is 1. The fraction of sp³-hybridized carbons (Fsp3) is 0.250. The Balaban J connectivity index is 1.38. The van der Waals surface area contributed by atoms with Crippen LogP contribution >= 0.6 is 11.3 Å². The van der Waals surface area contributed by atoms with Crippen molar-refractivity contribution < 1.29 is 14.4 Å². The summed E-state index contributed by atoms with van der Waals surface area (Å²) < 4.78 is 0. The minimum Gasteiger partial charge on any atom is -0.273 e. The molecule has 1 saturated carbocycles. The van der Waals surface area contributed by atoms with Crippen LogP contribution in [0.1, 0.15) is 36.7 Å². The van der Waals surface area contributed by atoms with Crippen molar-refractivity contribution in [3.63, 3.8) is 0 Å². The zero-order valence-electron chi connectivity index (χ0n) is 18.2. The third-order valence-corrected chi connectivity index (χ3v) is 7.28. The molecule has 1 aromatic heterocycles. The van der Waals surface area contributed by atoms with E-state index in [1.165, 1.54) is 0 Å². The van der Waals surface area contributed by atoms with Crippen molar-refractivity contribution >= 4 is 35.3 Å². The summed E-state index contributed by atoms with van der Waals surface area (Å²) >= 11 is 1.57. The van der Waals surface area contributed by atoms with Gasteiger partial charge in [0.1, 0.15) is 11.0 Å². The SMILES string of the molecule is O=C1NNC(=O)[C@@H]2C[C@H]([n+]3nc(/C=C\c4ccccc4)nn3-c3cc4cccsc-4n3)CC[C@@H]12. The normalized spacial score (nSPS) is 22.5. The predicted molar refractivity (Wildman–Crippen MR) is 125 cm³/mol. The van der Waals surface area contributed by atoms with Gasteiger partial charge in [0.05, 0.1) is 16.9 Å². The number of hydrogen-bond donors (Lipinski definition) is 2. The lowest BCUT2D eigenvalue weighted by Gasteiger charge is -2.35. The highest BCUT2D eigenvalue weighted by Gasteiger charge is 2.45. The Kier molecular flexibility index (Phi) is 5.14. The van der Waals surface area contributed by atoms with Gasteiger partial charge < -0.3 is 0 Å². The van der Waals surface area contributed by atoms with Crippen LogP contribution in [0.2, 0.25) is 0 Å². The minimum atomic E-state index is -0.387. The molecule has 3 atom stereocenters. The maximum absolute atomic E-state index is 12.5. The molecule has 0 radical (unpaired) electrons. The van der Waals surface area contributed by atoms with Gasteiger partial charge in [-0.2, -0.15) is 0 Å². The first-order chi connectivity index (χ1) is 16.7. The molecule has 9 nitrogen and oxygen atoms in total. The van der Waals surface area contributed by atoms with Gasteiger partial charge in [0.15, 0.2) is 0 Å². The molecule has 2 aromatic rings. The van der Waals surface area contributed by atoms with Crippen LogP contribution in [0, 0.1) is 11.8 Å². The summed E-state index contributed by atoms with van der Waals surface area (Å²) in [6.45, 7) is 0. The van der Waals surface area contributed by atoms with Gasteiger partial charge in [0.25, 0.3) is 0 Å². The molecule has 2 N–H and O–H groups in total. The topological polar surface area (TPSA) is 106 Å². The maximum atomic E-state index is 12.5. The van der Waals surface area contributed by atoms with Gasteiger partial charge in [-0.1, -0.05) is 42.5 Å². The highest BCUT2D eigenvalue weighted by atomic mass is 32.1. The molecule has 1 aromatic carbocycles. The van der Waals surface area contributed by atoms with Gasteiger partial charge in [-0.3, -0.25) is 20.4 Å². The van der Waals surface area contributed by atoms with Crippen molar-refractivity contribution in [1.82, 2.24) is 30.8 Å². The Labute approximate surface area is 199 Å². The van der Waals surface area contributed by atoms with E-state index in [4.69, 9.17) is 15.2 Å². The van der Waals surface area contributed by atoms with Gasteiger partial charge in [-0.25, -0.2) is 4.98 Å². The summed E-state index contributed by atoms with van der Waals surface area (Å²) in [6, 6.07) is 15.9. The van der Waals surface area contributed by atoms with Crippen molar-refractivity contribution in [3.05, 3.63) is 65.3 Å². The fourth-order valence-corrected chi connectivity index (χ4v) is 5.43. The zero-order valence-corrected chi connectivity index (χ0v) is 19.0. The van der Waals surface area contributed by atoms with Crippen LogP contribution in [0.25, 0.3) is 28.5 Å². The van der Waals surface area contributed by atoms with E-state index in [0.717, 1.165) is 22.6 Å². The maximum Gasteiger partial charge on any atom is 0.332 e. The van der Waals surface area contributed by atoms with Crippen LogP contribution in [-0.4, -0.2) is 31.8 Å². The third kappa shape index (κ3) is 3.75. The molecule has 1 aliphatic carbocycles. The van der Waals surface area contributed by atoms with Crippen molar-refractivity contribution in [3.8, 4) is 16.4 Å². The smallest absolute Gasteiger partial charge is 0.273 e. The summed E-state index contributed by atoms with van der Waals surface area (Å²) in [4.78, 5) is 33.1. The Bertz CT molecular complexity index is 1330. The summed E-state index contributed by atoms with van der Waals surface area (Å²) in [7, 11) is 0.